The van der Waals surface area contributed by atoms with Crippen molar-refractivity contribution in [1.82, 2.24) is 19.4 Å². The molecule has 2 fully saturated rings. The van der Waals surface area contributed by atoms with Crippen molar-refractivity contribution in [2.24, 2.45) is 5.92 Å². The van der Waals surface area contributed by atoms with Gasteiger partial charge in [-0.15, -0.1) is 0 Å². The van der Waals surface area contributed by atoms with Gasteiger partial charge in [0.1, 0.15) is 0 Å². The van der Waals surface area contributed by atoms with Gasteiger partial charge in [0.2, 0.25) is 15.0 Å². The van der Waals surface area contributed by atoms with Gasteiger partial charge in [0, 0.05) is 45.9 Å². The van der Waals surface area contributed by atoms with Crippen molar-refractivity contribution >= 4 is 9.84 Å². The molecule has 2 aliphatic rings. The predicted octanol–water partition coefficient (Wildman–Crippen LogP) is 2.02. The SMILES string of the molecule is COCCn1c(CN2CCN(C)[C@H](C)C2)cnc1S(=O)(=O)CC1CCCCC1. The Kier molecular flexibility index (Phi) is 7.53. The number of sulfone groups is 1. The number of likely N-dealkylation sites (N-methyl/N-ethyl adjacent to an activating group) is 1. The molecule has 0 spiro atoms. The number of ether oxygens (including phenoxy) is 1. The molecule has 160 valence electrons. The smallest absolute Gasteiger partial charge is 0.227 e. The van der Waals surface area contributed by atoms with Gasteiger partial charge in [0.15, 0.2) is 0 Å². The fourth-order valence-electron chi connectivity index (χ4n) is 4.42. The third-order valence-electron chi connectivity index (χ3n) is 6.31. The second kappa shape index (κ2) is 9.69. The molecule has 1 aromatic rings. The summed E-state index contributed by atoms with van der Waals surface area (Å²) in [5, 5.41) is 0.229. The summed E-state index contributed by atoms with van der Waals surface area (Å²) < 4.78 is 33.4. The van der Waals surface area contributed by atoms with Gasteiger partial charge in [-0.25, -0.2) is 13.4 Å². The van der Waals surface area contributed by atoms with Crippen LogP contribution in [0.15, 0.2) is 11.4 Å². The summed E-state index contributed by atoms with van der Waals surface area (Å²) >= 11 is 0. The third-order valence-corrected chi connectivity index (χ3v) is 8.10. The van der Waals surface area contributed by atoms with Crippen LogP contribution < -0.4 is 0 Å². The average Bonchev–Trinajstić information content (AvgIpc) is 3.07. The molecular weight excluding hydrogens is 376 g/mol. The third kappa shape index (κ3) is 5.34. The first-order valence-electron chi connectivity index (χ1n) is 10.6. The summed E-state index contributed by atoms with van der Waals surface area (Å²) in [5.74, 6) is 0.496. The summed E-state index contributed by atoms with van der Waals surface area (Å²) in [6, 6.07) is 0.499. The number of piperazine rings is 1. The van der Waals surface area contributed by atoms with Crippen LogP contribution in [0, 0.1) is 5.92 Å². The molecule has 0 unspecified atom stereocenters. The molecule has 8 heteroatoms. The standard InChI is InChI=1S/C20H36N4O3S/c1-17-14-23(10-9-22(17)2)15-19-13-21-20(24(19)11-12-27-3)28(25,26)16-18-7-5-4-6-8-18/h13,17-18H,4-12,14-16H2,1-3H3/t17-/m1/s1. The molecule has 0 aromatic carbocycles. The highest BCUT2D eigenvalue weighted by Gasteiger charge is 2.29. The number of hydrogen-bond acceptors (Lipinski definition) is 6. The second-order valence-electron chi connectivity index (χ2n) is 8.53. The van der Waals surface area contributed by atoms with Gasteiger partial charge >= 0.3 is 0 Å². The molecule has 1 aliphatic heterocycles. The number of imidazole rings is 1. The van der Waals surface area contributed by atoms with Crippen molar-refractivity contribution in [3.63, 3.8) is 0 Å². The van der Waals surface area contributed by atoms with E-state index in [4.69, 9.17) is 4.74 Å². The molecular formula is C20H36N4O3S. The van der Waals surface area contributed by atoms with Gasteiger partial charge in [0.05, 0.1) is 24.3 Å². The maximum Gasteiger partial charge on any atom is 0.227 e. The Morgan fingerprint density at radius 1 is 1.21 bits per heavy atom. The highest BCUT2D eigenvalue weighted by atomic mass is 32.2. The minimum atomic E-state index is -3.39. The van der Waals surface area contributed by atoms with E-state index in [9.17, 15) is 8.42 Å². The lowest BCUT2D eigenvalue weighted by atomic mass is 9.91. The molecule has 1 aromatic heterocycles. The first-order valence-corrected chi connectivity index (χ1v) is 12.2. The summed E-state index contributed by atoms with van der Waals surface area (Å²) in [6.07, 6.45) is 7.31. The van der Waals surface area contributed by atoms with E-state index >= 15 is 0 Å². The van der Waals surface area contributed by atoms with Crippen LogP contribution in [-0.4, -0.2) is 80.0 Å². The number of aromatic nitrogens is 2. The van der Waals surface area contributed by atoms with Crippen molar-refractivity contribution < 1.29 is 13.2 Å². The Morgan fingerprint density at radius 2 is 1.96 bits per heavy atom. The highest BCUT2D eigenvalue weighted by Crippen LogP contribution is 2.27. The lowest BCUT2D eigenvalue weighted by molar-refractivity contribution is 0.0972. The molecule has 0 amide bonds. The normalized spacial score (nSPS) is 23.3. The topological polar surface area (TPSA) is 67.7 Å². The first kappa shape index (κ1) is 21.7. The van der Waals surface area contributed by atoms with Crippen LogP contribution in [0.5, 0.6) is 0 Å². The van der Waals surface area contributed by atoms with Gasteiger partial charge in [-0.2, -0.15) is 0 Å². The van der Waals surface area contributed by atoms with E-state index in [0.29, 0.717) is 19.2 Å². The maximum absolute atomic E-state index is 13.1. The number of nitrogens with zero attached hydrogens (tertiary/aromatic N) is 4. The van der Waals surface area contributed by atoms with Crippen molar-refractivity contribution in [2.75, 3.05) is 46.2 Å². The Morgan fingerprint density at radius 3 is 2.64 bits per heavy atom. The molecule has 28 heavy (non-hydrogen) atoms. The quantitative estimate of drug-likeness (QED) is 0.651. The zero-order valence-corrected chi connectivity index (χ0v) is 18.5. The zero-order valence-electron chi connectivity index (χ0n) is 17.6. The van der Waals surface area contributed by atoms with E-state index < -0.39 is 9.84 Å². The van der Waals surface area contributed by atoms with E-state index in [1.54, 1.807) is 13.3 Å². The lowest BCUT2D eigenvalue weighted by Crippen LogP contribution is -2.49. The van der Waals surface area contributed by atoms with Crippen LogP contribution >= 0.6 is 0 Å². The van der Waals surface area contributed by atoms with Gasteiger partial charge in [-0.1, -0.05) is 19.3 Å². The highest BCUT2D eigenvalue weighted by molar-refractivity contribution is 7.91. The van der Waals surface area contributed by atoms with Crippen LogP contribution in [0.4, 0.5) is 0 Å². The van der Waals surface area contributed by atoms with Crippen LogP contribution in [0.2, 0.25) is 0 Å². The Labute approximate surface area is 170 Å². The van der Waals surface area contributed by atoms with E-state index in [1.807, 2.05) is 4.57 Å². The maximum atomic E-state index is 13.1. The monoisotopic (exact) mass is 412 g/mol. The molecule has 0 N–H and O–H groups in total. The minimum Gasteiger partial charge on any atom is -0.383 e. The number of rotatable bonds is 8. The largest absolute Gasteiger partial charge is 0.383 e. The first-order chi connectivity index (χ1) is 13.4. The molecule has 0 radical (unpaired) electrons. The number of methoxy groups -OCH3 is 1. The summed E-state index contributed by atoms with van der Waals surface area (Å²) in [6.45, 7) is 6.96. The Bertz CT molecular complexity index is 728. The van der Waals surface area contributed by atoms with E-state index in [0.717, 1.165) is 57.6 Å². The predicted molar refractivity (Wildman–Crippen MR) is 110 cm³/mol. The molecule has 1 aliphatic carbocycles. The van der Waals surface area contributed by atoms with E-state index in [-0.39, 0.29) is 16.8 Å². The molecule has 1 saturated carbocycles. The molecule has 0 bridgehead atoms. The molecule has 1 atom stereocenters. The van der Waals surface area contributed by atoms with Gasteiger partial charge in [0.25, 0.3) is 0 Å². The Balaban J connectivity index is 1.77. The summed E-state index contributed by atoms with van der Waals surface area (Å²) in [7, 11) is 0.410. The molecule has 2 heterocycles. The molecule has 3 rings (SSSR count). The zero-order chi connectivity index (χ0) is 20.1. The van der Waals surface area contributed by atoms with Gasteiger partial charge < -0.3 is 14.2 Å². The van der Waals surface area contributed by atoms with E-state index in [2.05, 4.69) is 28.8 Å². The van der Waals surface area contributed by atoms with Crippen molar-refractivity contribution in [3.8, 4) is 0 Å². The van der Waals surface area contributed by atoms with Crippen molar-refractivity contribution in [1.29, 1.82) is 0 Å². The second-order valence-corrected chi connectivity index (χ2v) is 10.5. The molecule has 1 saturated heterocycles. The Hall–Kier alpha value is -0.960. The fourth-order valence-corrected chi connectivity index (χ4v) is 6.28. The minimum absolute atomic E-state index is 0.224. The van der Waals surface area contributed by atoms with Gasteiger partial charge in [-0.05, 0) is 32.7 Å². The van der Waals surface area contributed by atoms with Crippen LogP contribution in [0.1, 0.15) is 44.7 Å². The van der Waals surface area contributed by atoms with Crippen molar-refractivity contribution in [2.45, 2.75) is 63.3 Å². The van der Waals surface area contributed by atoms with Crippen LogP contribution in [-0.2, 0) is 27.7 Å². The summed E-state index contributed by atoms with van der Waals surface area (Å²) in [5.41, 5.74) is 0.969. The lowest BCUT2D eigenvalue weighted by Gasteiger charge is -2.37. The van der Waals surface area contributed by atoms with Gasteiger partial charge in [-0.3, -0.25) is 4.90 Å². The summed E-state index contributed by atoms with van der Waals surface area (Å²) in [4.78, 5) is 9.14. The van der Waals surface area contributed by atoms with Crippen LogP contribution in [0.3, 0.4) is 0 Å². The van der Waals surface area contributed by atoms with Crippen LogP contribution in [0.25, 0.3) is 0 Å². The van der Waals surface area contributed by atoms with Crippen molar-refractivity contribution in [3.05, 3.63) is 11.9 Å². The molecule has 7 nitrogen and oxygen atoms in total. The van der Waals surface area contributed by atoms with E-state index in [1.165, 1.54) is 6.42 Å². The average molecular weight is 413 g/mol. The fraction of sp³-hybridized carbons (Fsp3) is 0.850. The number of hydrogen-bond donors (Lipinski definition) is 0.